The van der Waals surface area contributed by atoms with Crippen molar-refractivity contribution < 1.29 is 4.79 Å². The van der Waals surface area contributed by atoms with Crippen LogP contribution in [0.1, 0.15) is 48.0 Å². The average Bonchev–Trinajstić information content (AvgIpc) is 2.63. The molecule has 0 aromatic carbocycles. The van der Waals surface area contributed by atoms with Crippen LogP contribution in [-0.4, -0.2) is 10.9 Å². The topological polar surface area (TPSA) is 55.1 Å². The van der Waals surface area contributed by atoms with Crippen LogP contribution in [0.2, 0.25) is 0 Å². The zero-order valence-corrected chi connectivity index (χ0v) is 14.1. The van der Waals surface area contributed by atoms with Crippen molar-refractivity contribution in [3.63, 3.8) is 0 Å². The van der Waals surface area contributed by atoms with Crippen LogP contribution >= 0.6 is 23.6 Å². The van der Waals surface area contributed by atoms with Gasteiger partial charge in [0.25, 0.3) is 0 Å². The number of nitrogens with two attached hydrogens (primary N) is 1. The van der Waals surface area contributed by atoms with Gasteiger partial charge in [-0.15, -0.1) is 11.3 Å². The fourth-order valence-electron chi connectivity index (χ4n) is 3.12. The first-order valence-electron chi connectivity index (χ1n) is 6.94. The van der Waals surface area contributed by atoms with Crippen molar-refractivity contribution in [3.05, 3.63) is 21.4 Å². The van der Waals surface area contributed by atoms with Crippen molar-refractivity contribution in [2.75, 3.05) is 0 Å². The number of thiocarbonyl (C=S) groups is 1. The molecule has 1 fully saturated rings. The molecule has 1 heterocycles. The summed E-state index contributed by atoms with van der Waals surface area (Å²) in [5.74, 6) is 0.501. The monoisotopic (exact) mass is 310 g/mol. The lowest BCUT2D eigenvalue weighted by molar-refractivity contribution is -0.133. The third-order valence-electron chi connectivity index (χ3n) is 4.19. The van der Waals surface area contributed by atoms with E-state index in [1.807, 2.05) is 6.92 Å². The molecule has 0 saturated heterocycles. The molecular weight excluding hydrogens is 288 g/mol. The number of rotatable bonds is 4. The quantitative estimate of drug-likeness (QED) is 0.839. The minimum Gasteiger partial charge on any atom is -0.392 e. The van der Waals surface area contributed by atoms with Crippen molar-refractivity contribution in [2.24, 2.45) is 17.1 Å². The maximum atomic E-state index is 12.6. The molecule has 1 saturated carbocycles. The molecule has 1 aliphatic rings. The molecule has 1 aromatic heterocycles. The Kier molecular flexibility index (Phi) is 4.21. The molecule has 5 heteroatoms. The number of hydrogen-bond acceptors (Lipinski definition) is 3. The van der Waals surface area contributed by atoms with Gasteiger partial charge in [0.2, 0.25) is 5.91 Å². The summed E-state index contributed by atoms with van der Waals surface area (Å²) in [7, 11) is 0. The molecule has 1 atom stereocenters. The highest BCUT2D eigenvalue weighted by atomic mass is 32.1. The molecule has 0 bridgehead atoms. The van der Waals surface area contributed by atoms with Gasteiger partial charge in [0.15, 0.2) is 0 Å². The fraction of sp³-hybridized carbons (Fsp3) is 0.600. The lowest BCUT2D eigenvalue weighted by Gasteiger charge is -2.44. The van der Waals surface area contributed by atoms with E-state index in [9.17, 15) is 4.79 Å². The van der Waals surface area contributed by atoms with Crippen molar-refractivity contribution in [2.45, 2.75) is 46.6 Å². The number of nitrogens with one attached hydrogen (secondary N) is 1. The van der Waals surface area contributed by atoms with Crippen LogP contribution in [0.3, 0.4) is 0 Å². The lowest BCUT2D eigenvalue weighted by atomic mass is 9.62. The molecular formula is C15H22N2OS2. The molecule has 1 unspecified atom stereocenters. The van der Waals surface area contributed by atoms with Crippen molar-refractivity contribution in [3.8, 4) is 0 Å². The normalized spacial score (nSPS) is 26.7. The van der Waals surface area contributed by atoms with Crippen LogP contribution in [0.15, 0.2) is 6.07 Å². The largest absolute Gasteiger partial charge is 0.392 e. The summed E-state index contributed by atoms with van der Waals surface area (Å²) in [6.07, 6.45) is 1.53. The highest BCUT2D eigenvalue weighted by Gasteiger charge is 2.51. The minimum atomic E-state index is -0.623. The number of hydrogen-bond donors (Lipinski definition) is 2. The van der Waals surface area contributed by atoms with Gasteiger partial charge >= 0.3 is 0 Å². The highest BCUT2D eigenvalue weighted by Crippen LogP contribution is 2.46. The van der Waals surface area contributed by atoms with Crippen LogP contribution in [0.4, 0.5) is 0 Å². The predicted molar refractivity (Wildman–Crippen MR) is 88.0 cm³/mol. The van der Waals surface area contributed by atoms with Gasteiger partial charge in [-0.3, -0.25) is 4.79 Å². The number of carbonyl (C=O) groups excluding carboxylic acids is 1. The van der Waals surface area contributed by atoms with E-state index < -0.39 is 5.41 Å². The first-order valence-corrected chi connectivity index (χ1v) is 8.16. The van der Waals surface area contributed by atoms with E-state index in [-0.39, 0.29) is 11.9 Å². The van der Waals surface area contributed by atoms with E-state index >= 15 is 0 Å². The molecule has 3 N–H and O–H groups in total. The minimum absolute atomic E-state index is 0.00502. The summed E-state index contributed by atoms with van der Waals surface area (Å²) in [6.45, 7) is 8.31. The average molecular weight is 310 g/mol. The van der Waals surface area contributed by atoms with Crippen LogP contribution in [0.5, 0.6) is 0 Å². The van der Waals surface area contributed by atoms with Gasteiger partial charge in [0.1, 0.15) is 0 Å². The Morgan fingerprint density at radius 2 is 2.15 bits per heavy atom. The van der Waals surface area contributed by atoms with Gasteiger partial charge in [0.05, 0.1) is 16.4 Å². The summed E-state index contributed by atoms with van der Waals surface area (Å²) in [4.78, 5) is 15.4. The molecule has 1 aliphatic carbocycles. The first kappa shape index (κ1) is 15.4. The van der Waals surface area contributed by atoms with Crippen molar-refractivity contribution >= 4 is 34.5 Å². The highest BCUT2D eigenvalue weighted by molar-refractivity contribution is 7.80. The maximum Gasteiger partial charge on any atom is 0.233 e. The fourth-order valence-corrected chi connectivity index (χ4v) is 4.40. The number of amides is 1. The summed E-state index contributed by atoms with van der Waals surface area (Å²) in [5.41, 5.74) is 6.38. The summed E-state index contributed by atoms with van der Waals surface area (Å²) < 4.78 is 0. The van der Waals surface area contributed by atoms with Crippen molar-refractivity contribution in [1.82, 2.24) is 5.32 Å². The van der Waals surface area contributed by atoms with Gasteiger partial charge in [0, 0.05) is 9.75 Å². The van der Waals surface area contributed by atoms with Crippen molar-refractivity contribution in [1.29, 1.82) is 0 Å². The molecule has 3 nitrogen and oxygen atoms in total. The van der Waals surface area contributed by atoms with Gasteiger partial charge in [-0.1, -0.05) is 19.1 Å². The van der Waals surface area contributed by atoms with E-state index in [2.05, 4.69) is 32.2 Å². The second-order valence-electron chi connectivity index (χ2n) is 6.02. The van der Waals surface area contributed by atoms with E-state index in [0.717, 1.165) is 12.8 Å². The SMILES string of the molecule is Cc1cc(C(C)NC(=O)C2(C(N)=S)CC(C)C2)c(C)s1. The molecule has 1 aromatic rings. The second kappa shape index (κ2) is 5.45. The third kappa shape index (κ3) is 2.61. The first-order chi connectivity index (χ1) is 9.26. The van der Waals surface area contributed by atoms with E-state index in [1.165, 1.54) is 15.3 Å². The molecule has 110 valence electrons. The lowest BCUT2D eigenvalue weighted by Crippen LogP contribution is -2.56. The van der Waals surface area contributed by atoms with Crippen LogP contribution in [-0.2, 0) is 4.79 Å². The zero-order chi connectivity index (χ0) is 15.1. The van der Waals surface area contributed by atoms with Gasteiger partial charge in [-0.2, -0.15) is 0 Å². The molecule has 0 aliphatic heterocycles. The van der Waals surface area contributed by atoms with Gasteiger partial charge in [-0.05, 0) is 51.2 Å². The second-order valence-corrected chi connectivity index (χ2v) is 7.92. The Morgan fingerprint density at radius 1 is 1.55 bits per heavy atom. The van der Waals surface area contributed by atoms with E-state index in [4.69, 9.17) is 18.0 Å². The Bertz CT molecular complexity index is 544. The Hall–Kier alpha value is -0.940. The molecule has 1 amide bonds. The van der Waals surface area contributed by atoms with Gasteiger partial charge < -0.3 is 11.1 Å². The summed E-state index contributed by atoms with van der Waals surface area (Å²) >= 11 is 6.89. The third-order valence-corrected chi connectivity index (χ3v) is 5.57. The maximum absolute atomic E-state index is 12.6. The standard InChI is InChI=1S/C15H22N2OS2/c1-8-6-15(7-8,13(16)19)14(18)17-10(3)12-5-9(2)20-11(12)4/h5,8,10H,6-7H2,1-4H3,(H2,16,19)(H,17,18). The summed E-state index contributed by atoms with van der Waals surface area (Å²) in [6, 6.07) is 2.14. The van der Waals surface area contributed by atoms with Crippen LogP contribution in [0, 0.1) is 25.2 Å². The number of carbonyl (C=O) groups is 1. The van der Waals surface area contributed by atoms with E-state index in [0.29, 0.717) is 10.9 Å². The molecule has 2 rings (SSSR count). The Balaban J connectivity index is 2.11. The smallest absolute Gasteiger partial charge is 0.233 e. The molecule has 20 heavy (non-hydrogen) atoms. The number of thiophene rings is 1. The molecule has 0 spiro atoms. The van der Waals surface area contributed by atoms with Crippen LogP contribution in [0.25, 0.3) is 0 Å². The van der Waals surface area contributed by atoms with E-state index in [1.54, 1.807) is 11.3 Å². The summed E-state index contributed by atoms with van der Waals surface area (Å²) in [5, 5.41) is 3.10. The van der Waals surface area contributed by atoms with Gasteiger partial charge in [-0.25, -0.2) is 0 Å². The number of aryl methyl sites for hydroxylation is 2. The zero-order valence-electron chi connectivity index (χ0n) is 12.4. The molecule has 0 radical (unpaired) electrons. The predicted octanol–water partition coefficient (Wildman–Crippen LogP) is 3.24. The Morgan fingerprint density at radius 3 is 2.55 bits per heavy atom. The van der Waals surface area contributed by atoms with Crippen LogP contribution < -0.4 is 11.1 Å². The Labute approximate surface area is 129 Å².